The van der Waals surface area contributed by atoms with Crippen molar-refractivity contribution in [2.75, 3.05) is 11.5 Å². The standard InChI is InChI=1S/C28H38N4O4Si/c1-21-26(13-12-22-8-7-11-25(18-22)32(20-34)24-9-5-4-6-10-24)36-27(28(21)37(2,3)35)14-16-31-19-23(15-17-33)29-30-31/h4-11,18-21,26-28,33,35H,12-17H2,1-3H3/t21-,26+,27-,28+/m1/s1. The van der Waals surface area contributed by atoms with Crippen molar-refractivity contribution < 1.29 is 19.4 Å². The lowest BCUT2D eigenvalue weighted by Gasteiger charge is -2.30. The van der Waals surface area contributed by atoms with Gasteiger partial charge in [-0.1, -0.05) is 42.5 Å². The second-order valence-corrected chi connectivity index (χ2v) is 14.5. The van der Waals surface area contributed by atoms with Crippen LogP contribution in [-0.4, -0.2) is 58.4 Å². The molecule has 0 saturated carbocycles. The topological polar surface area (TPSA) is 101 Å². The van der Waals surface area contributed by atoms with Gasteiger partial charge in [0.1, 0.15) is 0 Å². The smallest absolute Gasteiger partial charge is 0.218 e. The van der Waals surface area contributed by atoms with E-state index in [1.54, 1.807) is 9.58 Å². The first-order valence-corrected chi connectivity index (χ1v) is 16.1. The predicted octanol–water partition coefficient (Wildman–Crippen LogP) is 4.10. The number of nitrogens with zero attached hydrogens (tertiary/aromatic N) is 4. The van der Waals surface area contributed by atoms with Gasteiger partial charge in [0, 0.05) is 42.7 Å². The van der Waals surface area contributed by atoms with Crippen molar-refractivity contribution >= 4 is 26.1 Å². The minimum atomic E-state index is -2.46. The fraction of sp³-hybridized carbons (Fsp3) is 0.464. The molecule has 0 unspecified atom stereocenters. The molecule has 8 nitrogen and oxygen atoms in total. The van der Waals surface area contributed by atoms with Crippen molar-refractivity contribution in [3.63, 3.8) is 0 Å². The van der Waals surface area contributed by atoms with Crippen molar-refractivity contribution in [2.24, 2.45) is 5.92 Å². The number of carbonyl (C=O) groups is 1. The van der Waals surface area contributed by atoms with E-state index in [2.05, 4.69) is 29.4 Å². The molecule has 198 valence electrons. The number of aryl methyl sites for hydroxylation is 2. The van der Waals surface area contributed by atoms with Crippen LogP contribution in [0, 0.1) is 5.92 Å². The summed E-state index contributed by atoms with van der Waals surface area (Å²) in [4.78, 5) is 24.6. The molecule has 0 radical (unpaired) electrons. The van der Waals surface area contributed by atoms with Crippen molar-refractivity contribution in [3.8, 4) is 0 Å². The highest BCUT2D eigenvalue weighted by Gasteiger charge is 2.49. The fourth-order valence-electron chi connectivity index (χ4n) is 5.65. The molecule has 0 aliphatic carbocycles. The highest BCUT2D eigenvalue weighted by atomic mass is 28.4. The molecule has 1 aliphatic rings. The molecular formula is C28H38N4O4Si. The number of carbonyl (C=O) groups excluding carboxylic acids is 1. The highest BCUT2D eigenvalue weighted by Crippen LogP contribution is 2.45. The van der Waals surface area contributed by atoms with Crippen molar-refractivity contribution in [2.45, 2.75) is 70.0 Å². The van der Waals surface area contributed by atoms with Crippen LogP contribution in [0.15, 0.2) is 60.8 Å². The summed E-state index contributed by atoms with van der Waals surface area (Å²) in [6.45, 7) is 6.92. The molecule has 3 aromatic rings. The second kappa shape index (κ2) is 12.1. The van der Waals surface area contributed by atoms with Gasteiger partial charge >= 0.3 is 0 Å². The lowest BCUT2D eigenvalue weighted by atomic mass is 9.95. The van der Waals surface area contributed by atoms with E-state index < -0.39 is 8.32 Å². The van der Waals surface area contributed by atoms with Crippen molar-refractivity contribution in [3.05, 3.63) is 72.1 Å². The maximum Gasteiger partial charge on any atom is 0.218 e. The number of amides is 1. The first kappa shape index (κ1) is 27.2. The lowest BCUT2D eigenvalue weighted by Crippen LogP contribution is -2.40. The van der Waals surface area contributed by atoms with E-state index in [4.69, 9.17) is 9.84 Å². The summed E-state index contributed by atoms with van der Waals surface area (Å²) in [7, 11) is -2.46. The van der Waals surface area contributed by atoms with E-state index in [1.807, 2.05) is 61.8 Å². The molecule has 0 bridgehead atoms. The molecule has 9 heteroatoms. The Kier molecular flexibility index (Phi) is 8.91. The van der Waals surface area contributed by atoms with Gasteiger partial charge in [-0.3, -0.25) is 14.4 Å². The van der Waals surface area contributed by atoms with Crippen LogP contribution in [0.2, 0.25) is 18.6 Å². The van der Waals surface area contributed by atoms with Gasteiger partial charge in [-0.2, -0.15) is 0 Å². The van der Waals surface area contributed by atoms with Gasteiger partial charge < -0.3 is 14.6 Å². The van der Waals surface area contributed by atoms with Gasteiger partial charge in [0.25, 0.3) is 0 Å². The zero-order chi connectivity index (χ0) is 26.4. The molecule has 2 heterocycles. The number of aromatic nitrogens is 3. The van der Waals surface area contributed by atoms with Crippen LogP contribution >= 0.6 is 0 Å². The van der Waals surface area contributed by atoms with Crippen LogP contribution in [0.5, 0.6) is 0 Å². The van der Waals surface area contributed by atoms with Gasteiger partial charge in [-0.25, -0.2) is 0 Å². The van der Waals surface area contributed by atoms with Gasteiger partial charge in [0.05, 0.1) is 17.9 Å². The third-order valence-corrected chi connectivity index (χ3v) is 9.89. The number of aliphatic hydroxyl groups is 1. The number of anilines is 2. The summed E-state index contributed by atoms with van der Waals surface area (Å²) in [6, 6.07) is 17.7. The number of benzene rings is 2. The number of hydrogen-bond donors (Lipinski definition) is 2. The SMILES string of the molecule is C[C@H]1[C@H]([Si](C)(C)O)[C@@H](CCn2cc(CCO)nn2)O[C@H]1CCc1cccc(N(C=O)c2ccccc2)c1. The second-order valence-electron chi connectivity index (χ2n) is 10.5. The molecule has 0 spiro atoms. The Hall–Kier alpha value is -2.85. The van der Waals surface area contributed by atoms with E-state index in [0.717, 1.165) is 48.3 Å². The Labute approximate surface area is 220 Å². The minimum absolute atomic E-state index is 0.0351. The largest absolute Gasteiger partial charge is 0.432 e. The van der Waals surface area contributed by atoms with Gasteiger partial charge in [-0.05, 0) is 68.1 Å². The van der Waals surface area contributed by atoms with E-state index in [0.29, 0.717) is 13.0 Å². The summed E-state index contributed by atoms with van der Waals surface area (Å²) in [5.41, 5.74) is 3.73. The van der Waals surface area contributed by atoms with Crippen LogP contribution in [0.3, 0.4) is 0 Å². The summed E-state index contributed by atoms with van der Waals surface area (Å²) in [5, 5.41) is 17.4. The zero-order valence-electron chi connectivity index (χ0n) is 21.9. The average Bonchev–Trinajstić information content (AvgIpc) is 3.46. The normalized spacial score (nSPS) is 21.8. The molecule has 2 aromatic carbocycles. The van der Waals surface area contributed by atoms with Crippen LogP contribution in [-0.2, 0) is 28.9 Å². The molecule has 1 fully saturated rings. The highest BCUT2D eigenvalue weighted by molar-refractivity contribution is 6.71. The summed E-state index contributed by atoms with van der Waals surface area (Å²) < 4.78 is 8.38. The van der Waals surface area contributed by atoms with Crippen molar-refractivity contribution in [1.82, 2.24) is 15.0 Å². The van der Waals surface area contributed by atoms with Crippen LogP contribution < -0.4 is 4.90 Å². The number of para-hydroxylation sites is 1. The molecule has 1 aromatic heterocycles. The van der Waals surface area contributed by atoms with Crippen LogP contribution in [0.25, 0.3) is 0 Å². The summed E-state index contributed by atoms with van der Waals surface area (Å²) in [5.74, 6) is 0.247. The van der Waals surface area contributed by atoms with Gasteiger partial charge in [0.15, 0.2) is 8.32 Å². The monoisotopic (exact) mass is 522 g/mol. The van der Waals surface area contributed by atoms with Crippen molar-refractivity contribution in [1.29, 1.82) is 0 Å². The zero-order valence-corrected chi connectivity index (χ0v) is 22.9. The van der Waals surface area contributed by atoms with Gasteiger partial charge in [-0.15, -0.1) is 5.10 Å². The molecule has 1 aliphatic heterocycles. The number of rotatable bonds is 12. The lowest BCUT2D eigenvalue weighted by molar-refractivity contribution is -0.106. The van der Waals surface area contributed by atoms with Crippen LogP contribution in [0.1, 0.15) is 31.0 Å². The molecule has 2 N–H and O–H groups in total. The Morgan fingerprint density at radius 1 is 1.05 bits per heavy atom. The third kappa shape index (κ3) is 6.73. The summed E-state index contributed by atoms with van der Waals surface area (Å²) in [6.07, 6.45) is 5.65. The number of hydrogen-bond acceptors (Lipinski definition) is 6. The quantitative estimate of drug-likeness (QED) is 0.274. The molecule has 4 rings (SSSR count). The molecule has 1 saturated heterocycles. The number of aliphatic hydroxyl groups excluding tert-OH is 1. The molecule has 37 heavy (non-hydrogen) atoms. The van der Waals surface area contributed by atoms with E-state index in [1.165, 1.54) is 0 Å². The Morgan fingerprint density at radius 2 is 1.81 bits per heavy atom. The first-order chi connectivity index (χ1) is 17.8. The molecule has 1 amide bonds. The Bertz CT molecular complexity index is 1150. The van der Waals surface area contributed by atoms with Gasteiger partial charge in [0.2, 0.25) is 6.41 Å². The average molecular weight is 523 g/mol. The third-order valence-electron chi connectivity index (χ3n) is 7.36. The maximum absolute atomic E-state index is 11.9. The fourth-order valence-corrected chi connectivity index (χ4v) is 8.30. The van der Waals surface area contributed by atoms with Crippen LogP contribution in [0.4, 0.5) is 11.4 Å². The van der Waals surface area contributed by atoms with E-state index in [-0.39, 0.29) is 30.3 Å². The number of ether oxygens (including phenoxy) is 1. The van der Waals surface area contributed by atoms with E-state index >= 15 is 0 Å². The van der Waals surface area contributed by atoms with E-state index in [9.17, 15) is 9.59 Å². The minimum Gasteiger partial charge on any atom is -0.432 e. The first-order valence-electron chi connectivity index (χ1n) is 13.1. The summed E-state index contributed by atoms with van der Waals surface area (Å²) >= 11 is 0. The molecular weight excluding hydrogens is 484 g/mol. The molecule has 4 atom stereocenters. The Balaban J connectivity index is 1.41. The predicted molar refractivity (Wildman–Crippen MR) is 146 cm³/mol. The maximum atomic E-state index is 11.9. The Morgan fingerprint density at radius 3 is 2.51 bits per heavy atom.